The van der Waals surface area contributed by atoms with Gasteiger partial charge >= 0.3 is 11.9 Å². The zero-order valence-electron chi connectivity index (χ0n) is 12.6. The lowest BCUT2D eigenvalue weighted by Crippen LogP contribution is -2.36. The van der Waals surface area contributed by atoms with Crippen LogP contribution in [0.1, 0.15) is 18.4 Å². The number of ether oxygens (including phenoxy) is 1. The summed E-state index contributed by atoms with van der Waals surface area (Å²) in [5.74, 6) is -1.70. The predicted molar refractivity (Wildman–Crippen MR) is 80.5 cm³/mol. The van der Waals surface area contributed by atoms with Crippen molar-refractivity contribution in [3.05, 3.63) is 29.8 Å². The molecule has 22 heavy (non-hydrogen) atoms. The molecule has 1 aromatic rings. The third kappa shape index (κ3) is 5.92. The normalized spacial score (nSPS) is 11.5. The molecule has 0 radical (unpaired) electrons. The quantitative estimate of drug-likeness (QED) is 0.613. The van der Waals surface area contributed by atoms with Crippen molar-refractivity contribution in [2.45, 2.75) is 25.3 Å². The van der Waals surface area contributed by atoms with Gasteiger partial charge in [-0.25, -0.2) is 0 Å². The van der Waals surface area contributed by atoms with E-state index in [0.717, 1.165) is 5.56 Å². The van der Waals surface area contributed by atoms with Gasteiger partial charge in [-0.1, -0.05) is 12.1 Å². The third-order valence-corrected chi connectivity index (χ3v) is 3.08. The number of amides is 1. The molecule has 0 aliphatic heterocycles. The predicted octanol–water partition coefficient (Wildman–Crippen LogP) is 0.793. The number of carboxylic acids is 1. The number of hydrogen-bond donors (Lipinski definition) is 3. The Morgan fingerprint density at radius 3 is 2.32 bits per heavy atom. The van der Waals surface area contributed by atoms with E-state index < -0.39 is 12.0 Å². The highest BCUT2D eigenvalue weighted by Gasteiger charge is 2.17. The van der Waals surface area contributed by atoms with E-state index in [0.29, 0.717) is 12.1 Å². The number of anilines is 1. The monoisotopic (exact) mass is 308 g/mol. The Hall–Kier alpha value is -2.41. The first-order valence-electron chi connectivity index (χ1n) is 6.82. The molecule has 1 rings (SSSR count). The second kappa shape index (κ2) is 8.78. The number of benzene rings is 1. The highest BCUT2D eigenvalue weighted by Crippen LogP contribution is 2.12. The topological polar surface area (TPSA) is 105 Å². The summed E-state index contributed by atoms with van der Waals surface area (Å²) in [7, 11) is 3.01. The second-order valence-electron chi connectivity index (χ2n) is 4.71. The summed E-state index contributed by atoms with van der Waals surface area (Å²) < 4.78 is 4.69. The van der Waals surface area contributed by atoms with E-state index in [4.69, 9.17) is 9.84 Å². The number of hydrogen-bond acceptors (Lipinski definition) is 5. The van der Waals surface area contributed by atoms with Crippen LogP contribution in [0.25, 0.3) is 0 Å². The number of aliphatic carboxylic acids is 1. The fourth-order valence-corrected chi connectivity index (χ4v) is 1.85. The van der Waals surface area contributed by atoms with Crippen LogP contribution < -0.4 is 10.6 Å². The Balaban J connectivity index is 2.57. The van der Waals surface area contributed by atoms with E-state index in [-0.39, 0.29) is 24.7 Å². The highest BCUT2D eigenvalue weighted by atomic mass is 16.5. The summed E-state index contributed by atoms with van der Waals surface area (Å²) in [6.07, 6.45) is 0.199. The van der Waals surface area contributed by atoms with Crippen molar-refractivity contribution in [3.8, 4) is 0 Å². The van der Waals surface area contributed by atoms with Crippen LogP contribution in [-0.4, -0.2) is 43.2 Å². The summed E-state index contributed by atoms with van der Waals surface area (Å²) >= 11 is 0. The maximum absolute atomic E-state index is 11.5. The Morgan fingerprint density at radius 2 is 1.82 bits per heavy atom. The molecule has 1 amide bonds. The summed E-state index contributed by atoms with van der Waals surface area (Å²) in [6.45, 7) is 0. The van der Waals surface area contributed by atoms with Crippen molar-refractivity contribution in [2.75, 3.05) is 19.5 Å². The molecule has 120 valence electrons. The Morgan fingerprint density at radius 1 is 1.18 bits per heavy atom. The van der Waals surface area contributed by atoms with Crippen molar-refractivity contribution >= 4 is 23.5 Å². The molecule has 0 saturated heterocycles. The summed E-state index contributed by atoms with van der Waals surface area (Å²) in [5.41, 5.74) is 1.49. The van der Waals surface area contributed by atoms with E-state index in [2.05, 4.69) is 10.6 Å². The Kier molecular flexibility index (Phi) is 7.04. The van der Waals surface area contributed by atoms with Gasteiger partial charge in [-0.15, -0.1) is 0 Å². The van der Waals surface area contributed by atoms with Gasteiger partial charge in [0.15, 0.2) is 0 Å². The lowest BCUT2D eigenvalue weighted by Gasteiger charge is -2.14. The first-order chi connectivity index (χ1) is 10.5. The highest BCUT2D eigenvalue weighted by molar-refractivity contribution is 5.92. The number of rotatable bonds is 8. The fourth-order valence-electron chi connectivity index (χ4n) is 1.85. The minimum absolute atomic E-state index is 0.0682. The van der Waals surface area contributed by atoms with Crippen LogP contribution >= 0.6 is 0 Å². The smallest absolute Gasteiger partial charge is 0.323 e. The molecule has 0 heterocycles. The molecule has 7 heteroatoms. The number of carbonyl (C=O) groups is 3. The van der Waals surface area contributed by atoms with Crippen LogP contribution in [0.4, 0.5) is 5.69 Å². The Bertz CT molecular complexity index is 527. The molecule has 0 aromatic heterocycles. The molecule has 0 aliphatic rings. The van der Waals surface area contributed by atoms with Crippen molar-refractivity contribution in [3.63, 3.8) is 0 Å². The van der Waals surface area contributed by atoms with E-state index in [1.54, 1.807) is 31.3 Å². The largest absolute Gasteiger partial charge is 0.481 e. The number of carbonyl (C=O) groups excluding carboxylic acids is 2. The molecule has 3 N–H and O–H groups in total. The summed E-state index contributed by atoms with van der Waals surface area (Å²) in [5, 5.41) is 14.0. The van der Waals surface area contributed by atoms with Gasteiger partial charge in [0.25, 0.3) is 0 Å². The minimum atomic E-state index is -1.01. The van der Waals surface area contributed by atoms with Crippen molar-refractivity contribution in [2.24, 2.45) is 0 Å². The molecule has 0 bridgehead atoms. The first kappa shape index (κ1) is 17.6. The van der Waals surface area contributed by atoms with E-state index in [1.807, 2.05) is 0 Å². The number of likely N-dealkylation sites (N-methyl/N-ethyl adjacent to an activating group) is 1. The molecule has 0 spiro atoms. The molecule has 1 atom stereocenters. The summed E-state index contributed by atoms with van der Waals surface area (Å²) in [4.78, 5) is 33.4. The maximum Gasteiger partial charge on any atom is 0.323 e. The number of carboxylic acid groups (broad SMARTS) is 1. The molecular formula is C15H20N2O5. The van der Waals surface area contributed by atoms with Crippen LogP contribution in [0.3, 0.4) is 0 Å². The molecule has 1 aromatic carbocycles. The fraction of sp³-hybridized carbons (Fsp3) is 0.400. The zero-order chi connectivity index (χ0) is 16.5. The van der Waals surface area contributed by atoms with Crippen molar-refractivity contribution in [1.82, 2.24) is 5.32 Å². The van der Waals surface area contributed by atoms with Gasteiger partial charge < -0.3 is 20.5 Å². The van der Waals surface area contributed by atoms with E-state index in [9.17, 15) is 14.4 Å². The van der Waals surface area contributed by atoms with E-state index >= 15 is 0 Å². The molecule has 7 nitrogen and oxygen atoms in total. The molecular weight excluding hydrogens is 288 g/mol. The van der Waals surface area contributed by atoms with Gasteiger partial charge in [0.1, 0.15) is 6.04 Å². The standard InChI is InChI=1S/C15H20N2O5/c1-16-12(15(21)22-2)9-10-3-5-11(6-4-10)17-13(18)7-8-14(19)20/h3-6,12,16H,7-9H2,1-2H3,(H,17,18)(H,19,20). The third-order valence-electron chi connectivity index (χ3n) is 3.08. The van der Waals surface area contributed by atoms with Crippen LogP contribution in [0.15, 0.2) is 24.3 Å². The lowest BCUT2D eigenvalue weighted by atomic mass is 10.1. The maximum atomic E-state index is 11.5. The van der Waals surface area contributed by atoms with Gasteiger partial charge in [-0.2, -0.15) is 0 Å². The van der Waals surface area contributed by atoms with Crippen molar-refractivity contribution < 1.29 is 24.2 Å². The van der Waals surface area contributed by atoms with Gasteiger partial charge in [-0.3, -0.25) is 14.4 Å². The Labute approximate surface area is 128 Å². The first-order valence-corrected chi connectivity index (χ1v) is 6.82. The van der Waals surface area contributed by atoms with Gasteiger partial charge in [0.2, 0.25) is 5.91 Å². The van der Waals surface area contributed by atoms with Crippen LogP contribution in [0.5, 0.6) is 0 Å². The van der Waals surface area contributed by atoms with Crippen LogP contribution in [0, 0.1) is 0 Å². The second-order valence-corrected chi connectivity index (χ2v) is 4.71. The lowest BCUT2D eigenvalue weighted by molar-refractivity contribution is -0.143. The van der Waals surface area contributed by atoms with Crippen LogP contribution in [-0.2, 0) is 25.5 Å². The average Bonchev–Trinajstić information content (AvgIpc) is 2.51. The molecule has 0 saturated carbocycles. The number of nitrogens with one attached hydrogen (secondary N) is 2. The number of esters is 1. The molecule has 0 fully saturated rings. The van der Waals surface area contributed by atoms with Crippen LogP contribution in [0.2, 0.25) is 0 Å². The molecule has 1 unspecified atom stereocenters. The summed E-state index contributed by atoms with van der Waals surface area (Å²) in [6, 6.07) is 6.57. The minimum Gasteiger partial charge on any atom is -0.481 e. The zero-order valence-corrected chi connectivity index (χ0v) is 12.6. The SMILES string of the molecule is CNC(Cc1ccc(NC(=O)CCC(=O)O)cc1)C(=O)OC. The van der Waals surface area contributed by atoms with E-state index in [1.165, 1.54) is 7.11 Å². The van der Waals surface area contributed by atoms with Gasteiger partial charge in [0.05, 0.1) is 13.5 Å². The van der Waals surface area contributed by atoms with Gasteiger partial charge in [-0.05, 0) is 31.2 Å². The van der Waals surface area contributed by atoms with Crippen molar-refractivity contribution in [1.29, 1.82) is 0 Å². The van der Waals surface area contributed by atoms with Gasteiger partial charge in [0, 0.05) is 12.1 Å². The number of methoxy groups -OCH3 is 1. The molecule has 0 aliphatic carbocycles. The average molecular weight is 308 g/mol.